The predicted octanol–water partition coefficient (Wildman–Crippen LogP) is 3.13. The predicted molar refractivity (Wildman–Crippen MR) is 63.1 cm³/mol. The van der Waals surface area contributed by atoms with Gasteiger partial charge in [0.25, 0.3) is 0 Å². The summed E-state index contributed by atoms with van der Waals surface area (Å²) in [7, 11) is 0. The summed E-state index contributed by atoms with van der Waals surface area (Å²) in [5, 5.41) is 0. The third kappa shape index (κ3) is 3.50. The van der Waals surface area contributed by atoms with Gasteiger partial charge in [-0.15, -0.1) is 12.6 Å². The quantitative estimate of drug-likeness (QED) is 0.446. The van der Waals surface area contributed by atoms with Gasteiger partial charge in [-0.05, 0) is 18.6 Å². The number of hydrogen-bond acceptors (Lipinski definition) is 3. The first kappa shape index (κ1) is 11.2. The number of unbranched alkanes of at least 4 members (excludes halogenated alkanes) is 2. The van der Waals surface area contributed by atoms with Crippen LogP contribution in [-0.4, -0.2) is 6.61 Å². The van der Waals surface area contributed by atoms with Crippen LogP contribution in [0.5, 0.6) is 5.75 Å². The Morgan fingerprint density at radius 3 is 2.79 bits per heavy atom. The second kappa shape index (κ2) is 5.81. The molecule has 0 fully saturated rings. The molecule has 0 saturated heterocycles. The Kier molecular flexibility index (Phi) is 4.66. The van der Waals surface area contributed by atoms with Crippen molar-refractivity contribution < 1.29 is 4.74 Å². The van der Waals surface area contributed by atoms with Gasteiger partial charge in [0.2, 0.25) is 0 Å². The van der Waals surface area contributed by atoms with Gasteiger partial charge in [0.1, 0.15) is 5.75 Å². The maximum Gasteiger partial charge on any atom is 0.121 e. The van der Waals surface area contributed by atoms with E-state index in [2.05, 4.69) is 19.6 Å². The number of hydrogen-bond donors (Lipinski definition) is 2. The number of nitrogen functional groups attached to an aromatic ring is 1. The Bertz CT molecular complexity index is 289. The lowest BCUT2D eigenvalue weighted by molar-refractivity contribution is 0.306. The van der Waals surface area contributed by atoms with Crippen LogP contribution in [-0.2, 0) is 0 Å². The Labute approximate surface area is 90.9 Å². The third-order valence-electron chi connectivity index (χ3n) is 2.02. The van der Waals surface area contributed by atoms with E-state index in [1.165, 1.54) is 12.8 Å². The highest BCUT2D eigenvalue weighted by atomic mass is 32.1. The fourth-order valence-electron chi connectivity index (χ4n) is 1.16. The molecular formula is C11H17NOS. The fraction of sp³-hybridized carbons (Fsp3) is 0.455. The summed E-state index contributed by atoms with van der Waals surface area (Å²) in [4.78, 5) is 0.797. The Hall–Kier alpha value is -0.830. The molecule has 0 atom stereocenters. The zero-order valence-corrected chi connectivity index (χ0v) is 9.39. The average Bonchev–Trinajstić information content (AvgIpc) is 2.18. The van der Waals surface area contributed by atoms with Crippen LogP contribution in [0.15, 0.2) is 23.1 Å². The van der Waals surface area contributed by atoms with E-state index in [1.807, 2.05) is 18.2 Å². The van der Waals surface area contributed by atoms with Gasteiger partial charge in [-0.3, -0.25) is 0 Å². The topological polar surface area (TPSA) is 35.2 Å². The minimum Gasteiger partial charge on any atom is -0.494 e. The van der Waals surface area contributed by atoms with Gasteiger partial charge in [-0.1, -0.05) is 19.8 Å². The summed E-state index contributed by atoms with van der Waals surface area (Å²) in [6, 6.07) is 5.56. The number of thiol groups is 1. The van der Waals surface area contributed by atoms with E-state index in [4.69, 9.17) is 10.5 Å². The van der Waals surface area contributed by atoms with Crippen molar-refractivity contribution in [2.24, 2.45) is 0 Å². The van der Waals surface area contributed by atoms with E-state index in [1.54, 1.807) is 0 Å². The van der Waals surface area contributed by atoms with Crippen LogP contribution in [0.3, 0.4) is 0 Å². The van der Waals surface area contributed by atoms with Crippen molar-refractivity contribution in [3.05, 3.63) is 18.2 Å². The first-order chi connectivity index (χ1) is 6.74. The van der Waals surface area contributed by atoms with E-state index < -0.39 is 0 Å². The highest BCUT2D eigenvalue weighted by Gasteiger charge is 1.97. The van der Waals surface area contributed by atoms with Crippen molar-refractivity contribution in [2.45, 2.75) is 31.1 Å². The largest absolute Gasteiger partial charge is 0.494 e. The number of ether oxygens (including phenoxy) is 1. The molecule has 2 N–H and O–H groups in total. The average molecular weight is 211 g/mol. The summed E-state index contributed by atoms with van der Waals surface area (Å²) in [5.41, 5.74) is 6.36. The standard InChI is InChI=1S/C11H17NOS/c1-2-3-4-7-13-9-5-6-11(14)10(12)8-9/h5-6,8,14H,2-4,7,12H2,1H3. The molecule has 0 aliphatic heterocycles. The molecule has 0 aliphatic carbocycles. The molecule has 14 heavy (non-hydrogen) atoms. The van der Waals surface area contributed by atoms with Gasteiger partial charge in [0.05, 0.1) is 6.61 Å². The molecule has 2 nitrogen and oxygen atoms in total. The van der Waals surface area contributed by atoms with Crippen LogP contribution in [0.25, 0.3) is 0 Å². The van der Waals surface area contributed by atoms with Gasteiger partial charge in [-0.2, -0.15) is 0 Å². The molecule has 78 valence electrons. The van der Waals surface area contributed by atoms with Gasteiger partial charge >= 0.3 is 0 Å². The highest BCUT2D eigenvalue weighted by molar-refractivity contribution is 7.80. The zero-order valence-electron chi connectivity index (χ0n) is 8.49. The molecule has 1 aromatic carbocycles. The van der Waals surface area contributed by atoms with Crippen LogP contribution in [0.4, 0.5) is 5.69 Å². The normalized spacial score (nSPS) is 10.1. The molecule has 3 heteroatoms. The van der Waals surface area contributed by atoms with Gasteiger partial charge in [0.15, 0.2) is 0 Å². The SMILES string of the molecule is CCCCCOc1ccc(S)c(N)c1. The lowest BCUT2D eigenvalue weighted by atomic mass is 10.2. The molecule has 0 heterocycles. The summed E-state index contributed by atoms with van der Waals surface area (Å²) >= 11 is 4.19. The first-order valence-corrected chi connectivity index (χ1v) is 5.40. The molecule has 1 rings (SSSR count). The summed E-state index contributed by atoms with van der Waals surface area (Å²) < 4.78 is 5.53. The van der Waals surface area contributed by atoms with Crippen molar-refractivity contribution in [1.82, 2.24) is 0 Å². The Morgan fingerprint density at radius 1 is 1.36 bits per heavy atom. The molecule has 1 aromatic rings. The zero-order chi connectivity index (χ0) is 10.4. The minimum atomic E-state index is 0.668. The fourth-order valence-corrected chi connectivity index (χ4v) is 1.30. The second-order valence-electron chi connectivity index (χ2n) is 3.28. The van der Waals surface area contributed by atoms with Crippen LogP contribution in [0.2, 0.25) is 0 Å². The lowest BCUT2D eigenvalue weighted by Crippen LogP contribution is -1.97. The van der Waals surface area contributed by atoms with Crippen molar-refractivity contribution >= 4 is 18.3 Å². The van der Waals surface area contributed by atoms with Crippen molar-refractivity contribution in [3.8, 4) is 5.75 Å². The maximum atomic E-state index is 5.69. The van der Waals surface area contributed by atoms with Crippen LogP contribution >= 0.6 is 12.6 Å². The van der Waals surface area contributed by atoms with E-state index in [9.17, 15) is 0 Å². The lowest BCUT2D eigenvalue weighted by Gasteiger charge is -2.07. The summed E-state index contributed by atoms with van der Waals surface area (Å²) in [5.74, 6) is 0.830. The molecular weight excluding hydrogens is 194 g/mol. The summed E-state index contributed by atoms with van der Waals surface area (Å²) in [6.07, 6.45) is 3.51. The molecule has 0 unspecified atom stereocenters. The number of nitrogens with two attached hydrogens (primary N) is 1. The maximum absolute atomic E-state index is 5.69. The first-order valence-electron chi connectivity index (χ1n) is 4.95. The van der Waals surface area contributed by atoms with Crippen molar-refractivity contribution in [1.29, 1.82) is 0 Å². The van der Waals surface area contributed by atoms with Crippen molar-refractivity contribution in [2.75, 3.05) is 12.3 Å². The van der Waals surface area contributed by atoms with Crippen molar-refractivity contribution in [3.63, 3.8) is 0 Å². The third-order valence-corrected chi connectivity index (χ3v) is 2.42. The van der Waals surface area contributed by atoms with Gasteiger partial charge < -0.3 is 10.5 Å². The van der Waals surface area contributed by atoms with E-state index in [0.717, 1.165) is 23.7 Å². The highest BCUT2D eigenvalue weighted by Crippen LogP contribution is 2.22. The molecule has 0 spiro atoms. The molecule has 0 aromatic heterocycles. The number of benzene rings is 1. The van der Waals surface area contributed by atoms with Crippen LogP contribution in [0, 0.1) is 0 Å². The van der Waals surface area contributed by atoms with E-state index in [0.29, 0.717) is 5.69 Å². The summed E-state index contributed by atoms with van der Waals surface area (Å²) in [6.45, 7) is 2.94. The smallest absolute Gasteiger partial charge is 0.121 e. The van der Waals surface area contributed by atoms with E-state index >= 15 is 0 Å². The van der Waals surface area contributed by atoms with Crippen LogP contribution in [0.1, 0.15) is 26.2 Å². The Morgan fingerprint density at radius 2 is 2.14 bits per heavy atom. The number of anilines is 1. The molecule has 0 bridgehead atoms. The monoisotopic (exact) mass is 211 g/mol. The Balaban J connectivity index is 2.39. The molecule has 0 radical (unpaired) electrons. The van der Waals surface area contributed by atoms with Gasteiger partial charge in [0, 0.05) is 16.6 Å². The molecule has 0 aliphatic rings. The van der Waals surface area contributed by atoms with E-state index in [-0.39, 0.29) is 0 Å². The van der Waals surface area contributed by atoms with Crippen LogP contribution < -0.4 is 10.5 Å². The molecule has 0 saturated carbocycles. The number of rotatable bonds is 5. The van der Waals surface area contributed by atoms with Gasteiger partial charge in [-0.25, -0.2) is 0 Å². The molecule has 0 amide bonds. The minimum absolute atomic E-state index is 0.668. The second-order valence-corrected chi connectivity index (χ2v) is 3.76.